The van der Waals surface area contributed by atoms with E-state index in [9.17, 15) is 4.79 Å². The fourth-order valence-corrected chi connectivity index (χ4v) is 1.76. The van der Waals surface area contributed by atoms with Crippen LogP contribution in [0.15, 0.2) is 53.8 Å². The first-order chi connectivity index (χ1) is 12.3. The molecule has 0 bridgehead atoms. The zero-order valence-electron chi connectivity index (χ0n) is 14.5. The monoisotopic (exact) mass is 342 g/mol. The third kappa shape index (κ3) is 6.52. The molecule has 1 aromatic carbocycles. The van der Waals surface area contributed by atoms with E-state index >= 15 is 0 Å². The van der Waals surface area contributed by atoms with Crippen molar-refractivity contribution in [2.45, 2.75) is 13.3 Å². The Morgan fingerprint density at radius 1 is 1.24 bits per heavy atom. The average molecular weight is 342 g/mol. The van der Waals surface area contributed by atoms with E-state index in [0.717, 1.165) is 25.1 Å². The van der Waals surface area contributed by atoms with E-state index in [-0.39, 0.29) is 11.6 Å². The number of benzene rings is 1. The number of carbonyl (C=O) groups is 1. The highest BCUT2D eigenvalue weighted by Gasteiger charge is 2.06. The van der Waals surface area contributed by atoms with Gasteiger partial charge >= 0.3 is 0 Å². The average Bonchev–Trinajstić information content (AvgIpc) is 2.68. The Balaban J connectivity index is 0.00000151. The van der Waals surface area contributed by atoms with Crippen LogP contribution in [0, 0.1) is 0 Å². The van der Waals surface area contributed by atoms with Crippen molar-refractivity contribution in [2.24, 2.45) is 4.99 Å². The van der Waals surface area contributed by atoms with Gasteiger partial charge in [-0.25, -0.2) is 9.97 Å². The molecule has 0 saturated heterocycles. The first-order valence-corrected chi connectivity index (χ1v) is 7.66. The Hall–Kier alpha value is -3.06. The van der Waals surface area contributed by atoms with Gasteiger partial charge in [-0.15, -0.1) is 0 Å². The van der Waals surface area contributed by atoms with Crippen LogP contribution < -0.4 is 10.1 Å². The molecule has 132 valence electrons. The van der Waals surface area contributed by atoms with Crippen LogP contribution in [-0.2, 0) is 0 Å². The number of aliphatic imine (C=N–C) groups is 1. The van der Waals surface area contributed by atoms with Gasteiger partial charge in [-0.1, -0.05) is 13.0 Å². The van der Waals surface area contributed by atoms with Gasteiger partial charge in [0.2, 0.25) is 5.88 Å². The van der Waals surface area contributed by atoms with Crippen LogP contribution in [-0.4, -0.2) is 41.4 Å². The Morgan fingerprint density at radius 2 is 1.92 bits per heavy atom. The number of ether oxygens (including phenoxy) is 1. The number of anilines is 1. The van der Waals surface area contributed by atoms with E-state index in [2.05, 4.69) is 27.2 Å². The lowest BCUT2D eigenvalue weighted by Gasteiger charge is -2.08. The number of aldehydes is 1. The van der Waals surface area contributed by atoms with Crippen molar-refractivity contribution in [1.29, 1.82) is 0 Å². The molecule has 25 heavy (non-hydrogen) atoms. The van der Waals surface area contributed by atoms with E-state index < -0.39 is 0 Å². The van der Waals surface area contributed by atoms with Crippen molar-refractivity contribution in [3.63, 3.8) is 0 Å². The fraction of sp³-hybridized carbons (Fsp3) is 0.222. The molecule has 0 aliphatic rings. The summed E-state index contributed by atoms with van der Waals surface area (Å²) in [5, 5.41) is 10.2. The lowest BCUT2D eigenvalue weighted by Crippen LogP contribution is -2.08. The molecular weight excluding hydrogens is 320 g/mol. The summed E-state index contributed by atoms with van der Waals surface area (Å²) < 4.78 is 5.57. The summed E-state index contributed by atoms with van der Waals surface area (Å²) in [4.78, 5) is 23.0. The van der Waals surface area contributed by atoms with Crippen molar-refractivity contribution in [3.05, 3.63) is 54.5 Å². The molecule has 7 heteroatoms. The number of allylic oxidation sites excluding steroid dienone is 1. The molecule has 1 heterocycles. The summed E-state index contributed by atoms with van der Waals surface area (Å²) in [6.45, 7) is 2.07. The van der Waals surface area contributed by atoms with Gasteiger partial charge in [0.05, 0.1) is 0 Å². The number of rotatable bonds is 6. The largest absolute Gasteiger partial charge is 0.437 e. The third-order valence-corrected chi connectivity index (χ3v) is 2.90. The van der Waals surface area contributed by atoms with Gasteiger partial charge in [0.15, 0.2) is 12.0 Å². The maximum absolute atomic E-state index is 10.9. The van der Waals surface area contributed by atoms with Gasteiger partial charge < -0.3 is 15.2 Å². The van der Waals surface area contributed by atoms with Crippen molar-refractivity contribution in [1.82, 2.24) is 9.97 Å². The summed E-state index contributed by atoms with van der Waals surface area (Å²) in [7, 11) is 2.73. The van der Waals surface area contributed by atoms with E-state index in [1.54, 1.807) is 19.2 Å². The lowest BCUT2D eigenvalue weighted by molar-refractivity contribution is 0.111. The fourth-order valence-electron chi connectivity index (χ4n) is 1.76. The Bertz CT molecular complexity index is 713. The molecule has 0 saturated carbocycles. The molecule has 0 unspecified atom stereocenters. The first-order valence-electron chi connectivity index (χ1n) is 7.66. The molecule has 0 fully saturated rings. The predicted molar refractivity (Wildman–Crippen MR) is 98.5 cm³/mol. The lowest BCUT2D eigenvalue weighted by atomic mass is 10.3. The van der Waals surface area contributed by atoms with Gasteiger partial charge in [0.1, 0.15) is 11.6 Å². The van der Waals surface area contributed by atoms with Crippen LogP contribution >= 0.6 is 0 Å². The van der Waals surface area contributed by atoms with Crippen LogP contribution in [0.5, 0.6) is 11.6 Å². The zero-order valence-corrected chi connectivity index (χ0v) is 14.5. The summed E-state index contributed by atoms with van der Waals surface area (Å²) in [5.41, 5.74) is 1.05. The molecule has 0 radical (unpaired) electrons. The second-order valence-corrected chi connectivity index (χ2v) is 4.54. The quantitative estimate of drug-likeness (QED) is 0.476. The highest BCUT2D eigenvalue weighted by Crippen LogP contribution is 2.22. The molecule has 2 N–H and O–H groups in total. The van der Waals surface area contributed by atoms with Crippen LogP contribution in [0.4, 0.5) is 5.69 Å². The van der Waals surface area contributed by atoms with Gasteiger partial charge in [-0.3, -0.25) is 9.79 Å². The molecule has 0 amide bonds. The number of aromatic nitrogens is 2. The molecule has 0 atom stereocenters. The van der Waals surface area contributed by atoms with E-state index in [1.165, 1.54) is 12.4 Å². The number of hydrogen-bond donors (Lipinski definition) is 2. The highest BCUT2D eigenvalue weighted by atomic mass is 16.5. The molecule has 0 aliphatic carbocycles. The van der Waals surface area contributed by atoms with Crippen LogP contribution in [0.1, 0.15) is 23.8 Å². The molecule has 0 aliphatic heterocycles. The highest BCUT2D eigenvalue weighted by molar-refractivity contribution is 6.03. The van der Waals surface area contributed by atoms with Crippen molar-refractivity contribution < 1.29 is 14.6 Å². The van der Waals surface area contributed by atoms with Crippen molar-refractivity contribution >= 4 is 17.8 Å². The van der Waals surface area contributed by atoms with Crippen molar-refractivity contribution in [3.8, 4) is 11.6 Å². The molecular formula is C18H22N4O3. The van der Waals surface area contributed by atoms with Gasteiger partial charge in [0, 0.05) is 32.2 Å². The van der Waals surface area contributed by atoms with Crippen LogP contribution in [0.3, 0.4) is 0 Å². The third-order valence-electron chi connectivity index (χ3n) is 2.90. The minimum atomic E-state index is 0.166. The molecule has 0 spiro atoms. The van der Waals surface area contributed by atoms with Gasteiger partial charge in [-0.05, 0) is 36.8 Å². The molecule has 1 aromatic heterocycles. The Kier molecular flexibility index (Phi) is 9.17. The topological polar surface area (TPSA) is 96.7 Å². The smallest absolute Gasteiger partial charge is 0.248 e. The van der Waals surface area contributed by atoms with Gasteiger partial charge in [-0.2, -0.15) is 0 Å². The number of nitrogens with zero attached hydrogens (tertiary/aromatic N) is 3. The SMILES string of the molecule is CC/C=C\C(=NC)Nc1ccc(Oc2nccnc2C=O)cc1.CO. The number of aliphatic hydroxyl groups excluding tert-OH is 1. The minimum absolute atomic E-state index is 0.166. The number of hydrogen-bond acceptors (Lipinski definition) is 6. The van der Waals surface area contributed by atoms with Crippen molar-refractivity contribution in [2.75, 3.05) is 19.5 Å². The van der Waals surface area contributed by atoms with Crippen LogP contribution in [0.2, 0.25) is 0 Å². The Labute approximate surface area is 147 Å². The number of nitrogens with one attached hydrogen (secondary N) is 1. The Morgan fingerprint density at radius 3 is 2.52 bits per heavy atom. The maximum atomic E-state index is 10.9. The van der Waals surface area contributed by atoms with Gasteiger partial charge in [0.25, 0.3) is 0 Å². The normalized spacial score (nSPS) is 10.8. The minimum Gasteiger partial charge on any atom is -0.437 e. The predicted octanol–water partition coefficient (Wildman–Crippen LogP) is 3.10. The first kappa shape index (κ1) is 20.0. The second kappa shape index (κ2) is 11.5. The van der Waals surface area contributed by atoms with E-state index in [1.807, 2.05) is 24.3 Å². The van der Waals surface area contributed by atoms with E-state index in [0.29, 0.717) is 12.0 Å². The standard InChI is InChI=1S/C17H18N4O2.CH4O/c1-3-4-5-16(18-2)21-13-6-8-14(9-7-13)23-17-15(12-22)19-10-11-20-17;1-2/h4-12H,3H2,1-2H3,(H,18,21);2H,1H3/b5-4-;. The number of aliphatic hydroxyl groups is 1. The summed E-state index contributed by atoms with van der Waals surface area (Å²) in [6.07, 6.45) is 8.44. The second-order valence-electron chi connectivity index (χ2n) is 4.54. The molecule has 2 rings (SSSR count). The summed E-state index contributed by atoms with van der Waals surface area (Å²) in [5.74, 6) is 1.53. The summed E-state index contributed by atoms with van der Waals surface area (Å²) in [6, 6.07) is 7.28. The summed E-state index contributed by atoms with van der Waals surface area (Å²) >= 11 is 0. The number of carbonyl (C=O) groups excluding carboxylic acids is 1. The molecule has 7 nitrogen and oxygen atoms in total. The van der Waals surface area contributed by atoms with Crippen LogP contribution in [0.25, 0.3) is 0 Å². The van der Waals surface area contributed by atoms with E-state index in [4.69, 9.17) is 9.84 Å². The zero-order chi connectivity index (χ0) is 18.5. The molecule has 2 aromatic rings. The maximum Gasteiger partial charge on any atom is 0.248 e. The number of amidine groups is 1.